The summed E-state index contributed by atoms with van der Waals surface area (Å²) in [6, 6.07) is 12.6. The van der Waals surface area contributed by atoms with Crippen molar-refractivity contribution in [3.63, 3.8) is 0 Å². The molecule has 3 rings (SSSR count). The van der Waals surface area contributed by atoms with E-state index in [1.54, 1.807) is 11.3 Å². The Bertz CT molecular complexity index is 708. The van der Waals surface area contributed by atoms with Crippen LogP contribution >= 0.6 is 27.3 Å². The molecule has 2 aromatic carbocycles. The van der Waals surface area contributed by atoms with Gasteiger partial charge in [-0.2, -0.15) is 0 Å². The minimum absolute atomic E-state index is 0.752. The first-order valence-corrected chi connectivity index (χ1v) is 8.09. The Hall–Kier alpha value is -1.39. The number of rotatable bonds is 3. The molecule has 0 fully saturated rings. The first-order chi connectivity index (χ1) is 9.63. The second-order valence-electron chi connectivity index (χ2n) is 4.87. The van der Waals surface area contributed by atoms with Crippen LogP contribution in [-0.4, -0.2) is 4.98 Å². The SMILES string of the molecule is Cc1cc(C)c(NCc2nc3ccccc3s2)c(Br)c1. The van der Waals surface area contributed by atoms with E-state index in [0.717, 1.165) is 27.2 Å². The van der Waals surface area contributed by atoms with Crippen LogP contribution in [0.25, 0.3) is 10.2 Å². The number of hydrogen-bond acceptors (Lipinski definition) is 3. The van der Waals surface area contributed by atoms with Gasteiger partial charge in [-0.3, -0.25) is 0 Å². The van der Waals surface area contributed by atoms with Gasteiger partial charge in [0.15, 0.2) is 0 Å². The number of aryl methyl sites for hydroxylation is 2. The highest BCUT2D eigenvalue weighted by Gasteiger charge is 2.07. The van der Waals surface area contributed by atoms with Gasteiger partial charge in [-0.1, -0.05) is 18.2 Å². The van der Waals surface area contributed by atoms with E-state index in [1.807, 2.05) is 6.07 Å². The van der Waals surface area contributed by atoms with Crippen molar-refractivity contribution in [2.75, 3.05) is 5.32 Å². The number of fused-ring (bicyclic) bond motifs is 1. The second-order valence-corrected chi connectivity index (χ2v) is 6.84. The molecule has 0 amide bonds. The highest BCUT2D eigenvalue weighted by molar-refractivity contribution is 9.10. The maximum Gasteiger partial charge on any atom is 0.113 e. The number of hydrogen-bond donors (Lipinski definition) is 1. The Kier molecular flexibility index (Phi) is 3.76. The quantitative estimate of drug-likeness (QED) is 0.697. The highest BCUT2D eigenvalue weighted by atomic mass is 79.9. The van der Waals surface area contributed by atoms with Crippen molar-refractivity contribution in [1.29, 1.82) is 0 Å². The van der Waals surface area contributed by atoms with Crippen LogP contribution in [0.1, 0.15) is 16.1 Å². The van der Waals surface area contributed by atoms with Crippen molar-refractivity contribution >= 4 is 43.2 Å². The number of benzene rings is 2. The van der Waals surface area contributed by atoms with E-state index in [9.17, 15) is 0 Å². The molecule has 102 valence electrons. The fraction of sp³-hybridized carbons (Fsp3) is 0.188. The van der Waals surface area contributed by atoms with E-state index >= 15 is 0 Å². The average Bonchev–Trinajstić information content (AvgIpc) is 2.80. The topological polar surface area (TPSA) is 24.9 Å². The van der Waals surface area contributed by atoms with Crippen molar-refractivity contribution in [3.05, 3.63) is 57.0 Å². The summed E-state index contributed by atoms with van der Waals surface area (Å²) in [4.78, 5) is 4.65. The number of nitrogens with zero attached hydrogens (tertiary/aromatic N) is 1. The van der Waals surface area contributed by atoms with E-state index in [4.69, 9.17) is 0 Å². The van der Waals surface area contributed by atoms with Gasteiger partial charge in [-0.25, -0.2) is 4.98 Å². The summed E-state index contributed by atoms with van der Waals surface area (Å²) in [7, 11) is 0. The highest BCUT2D eigenvalue weighted by Crippen LogP contribution is 2.29. The van der Waals surface area contributed by atoms with E-state index in [0.29, 0.717) is 0 Å². The largest absolute Gasteiger partial charge is 0.377 e. The predicted octanol–water partition coefficient (Wildman–Crippen LogP) is 5.29. The molecule has 0 aliphatic carbocycles. The molecule has 0 aliphatic heterocycles. The lowest BCUT2D eigenvalue weighted by molar-refractivity contribution is 1.11. The molecular formula is C16H15BrN2S. The molecule has 0 saturated heterocycles. The van der Waals surface area contributed by atoms with Gasteiger partial charge >= 0.3 is 0 Å². The molecule has 0 bridgehead atoms. The molecule has 0 radical (unpaired) electrons. The number of para-hydroxylation sites is 1. The lowest BCUT2D eigenvalue weighted by atomic mass is 10.1. The number of anilines is 1. The van der Waals surface area contributed by atoms with Crippen molar-refractivity contribution in [2.24, 2.45) is 0 Å². The number of halogens is 1. The van der Waals surface area contributed by atoms with E-state index in [1.165, 1.54) is 15.8 Å². The van der Waals surface area contributed by atoms with Crippen molar-refractivity contribution < 1.29 is 0 Å². The Morgan fingerprint density at radius 3 is 2.75 bits per heavy atom. The van der Waals surface area contributed by atoms with Crippen molar-refractivity contribution in [2.45, 2.75) is 20.4 Å². The summed E-state index contributed by atoms with van der Waals surface area (Å²) >= 11 is 5.37. The first-order valence-electron chi connectivity index (χ1n) is 6.48. The molecular weight excluding hydrogens is 332 g/mol. The maximum absolute atomic E-state index is 4.65. The predicted molar refractivity (Wildman–Crippen MR) is 90.6 cm³/mol. The van der Waals surface area contributed by atoms with Crippen LogP contribution in [-0.2, 0) is 6.54 Å². The third-order valence-corrected chi connectivity index (χ3v) is 4.85. The molecule has 1 aromatic heterocycles. The van der Waals surface area contributed by atoms with Gasteiger partial charge in [0.25, 0.3) is 0 Å². The lowest BCUT2D eigenvalue weighted by Crippen LogP contribution is -2.01. The van der Waals surface area contributed by atoms with Crippen LogP contribution in [0.2, 0.25) is 0 Å². The number of nitrogens with one attached hydrogen (secondary N) is 1. The smallest absolute Gasteiger partial charge is 0.113 e. The zero-order valence-electron chi connectivity index (χ0n) is 11.4. The van der Waals surface area contributed by atoms with Crippen LogP contribution in [0.3, 0.4) is 0 Å². The lowest BCUT2D eigenvalue weighted by Gasteiger charge is -2.11. The zero-order chi connectivity index (χ0) is 14.1. The molecule has 0 atom stereocenters. The minimum atomic E-state index is 0.752. The summed E-state index contributed by atoms with van der Waals surface area (Å²) in [5.74, 6) is 0. The van der Waals surface area contributed by atoms with E-state index in [2.05, 4.69) is 70.4 Å². The second kappa shape index (κ2) is 5.54. The average molecular weight is 347 g/mol. The van der Waals surface area contributed by atoms with Crippen molar-refractivity contribution in [1.82, 2.24) is 4.98 Å². The summed E-state index contributed by atoms with van der Waals surface area (Å²) in [6.07, 6.45) is 0. The summed E-state index contributed by atoms with van der Waals surface area (Å²) in [6.45, 7) is 4.98. The van der Waals surface area contributed by atoms with Gasteiger partial charge in [0.2, 0.25) is 0 Å². The van der Waals surface area contributed by atoms with Crippen LogP contribution in [0.15, 0.2) is 40.9 Å². The molecule has 4 heteroatoms. The van der Waals surface area contributed by atoms with Gasteiger partial charge in [-0.15, -0.1) is 11.3 Å². The monoisotopic (exact) mass is 346 g/mol. The molecule has 3 aromatic rings. The molecule has 0 aliphatic rings. The molecule has 0 unspecified atom stereocenters. The van der Waals surface area contributed by atoms with Gasteiger partial charge < -0.3 is 5.32 Å². The Labute approximate surface area is 131 Å². The summed E-state index contributed by atoms with van der Waals surface area (Å²) in [5, 5.41) is 4.60. The van der Waals surface area contributed by atoms with E-state index < -0.39 is 0 Å². The molecule has 20 heavy (non-hydrogen) atoms. The Morgan fingerprint density at radius 1 is 1.20 bits per heavy atom. The first kappa shape index (κ1) is 13.6. The van der Waals surface area contributed by atoms with E-state index in [-0.39, 0.29) is 0 Å². The van der Waals surface area contributed by atoms with Gasteiger partial charge in [0.1, 0.15) is 5.01 Å². The fourth-order valence-corrected chi connectivity index (χ4v) is 4.02. The molecule has 1 N–H and O–H groups in total. The summed E-state index contributed by atoms with van der Waals surface area (Å²) in [5.41, 5.74) is 4.74. The molecule has 0 spiro atoms. The number of aromatic nitrogens is 1. The van der Waals surface area contributed by atoms with Gasteiger partial charge in [0, 0.05) is 4.47 Å². The third-order valence-electron chi connectivity index (χ3n) is 3.19. The van der Waals surface area contributed by atoms with Crippen LogP contribution in [0, 0.1) is 13.8 Å². The number of thiazole rings is 1. The maximum atomic E-state index is 4.65. The van der Waals surface area contributed by atoms with Gasteiger partial charge in [-0.05, 0) is 59.1 Å². The Balaban J connectivity index is 1.83. The zero-order valence-corrected chi connectivity index (χ0v) is 13.8. The third kappa shape index (κ3) is 2.72. The van der Waals surface area contributed by atoms with Crippen LogP contribution < -0.4 is 5.32 Å². The normalized spacial score (nSPS) is 10.9. The summed E-state index contributed by atoms with van der Waals surface area (Å²) < 4.78 is 2.35. The van der Waals surface area contributed by atoms with Crippen molar-refractivity contribution in [3.8, 4) is 0 Å². The Morgan fingerprint density at radius 2 is 2.00 bits per heavy atom. The molecule has 0 saturated carbocycles. The minimum Gasteiger partial charge on any atom is -0.377 e. The molecule has 2 nitrogen and oxygen atoms in total. The molecule has 1 heterocycles. The fourth-order valence-electron chi connectivity index (χ4n) is 2.30. The van der Waals surface area contributed by atoms with Crippen LogP contribution in [0.4, 0.5) is 5.69 Å². The van der Waals surface area contributed by atoms with Gasteiger partial charge in [0.05, 0.1) is 22.4 Å². The standard InChI is InChI=1S/C16H15BrN2S/c1-10-7-11(2)16(12(17)8-10)18-9-15-19-13-5-3-4-6-14(13)20-15/h3-8,18H,9H2,1-2H3. The van der Waals surface area contributed by atoms with Crippen LogP contribution in [0.5, 0.6) is 0 Å².